The van der Waals surface area contributed by atoms with Crippen molar-refractivity contribution in [1.29, 1.82) is 0 Å². The fraction of sp³-hybridized carbons (Fsp3) is 0.643. The maximum atomic E-state index is 11.8. The normalized spacial score (nSPS) is 15.9. The van der Waals surface area contributed by atoms with Gasteiger partial charge in [-0.1, -0.05) is 19.3 Å². The first-order chi connectivity index (χ1) is 9.56. The summed E-state index contributed by atoms with van der Waals surface area (Å²) < 4.78 is 1.64. The highest BCUT2D eigenvalue weighted by Crippen LogP contribution is 2.17. The molecule has 0 unspecified atom stereocenters. The molecule has 1 aliphatic carbocycles. The van der Waals surface area contributed by atoms with E-state index < -0.39 is 0 Å². The Morgan fingerprint density at radius 2 is 2.05 bits per heavy atom. The first kappa shape index (κ1) is 14.6. The molecule has 0 bridgehead atoms. The third-order valence-electron chi connectivity index (χ3n) is 3.73. The SMILES string of the molecule is Cc1cc(C(=O)NCC(=O)NC2CCCCC2)nn1C. The number of carbonyl (C=O) groups excluding carboxylic acids is 2. The lowest BCUT2D eigenvalue weighted by Crippen LogP contribution is -2.42. The summed E-state index contributed by atoms with van der Waals surface area (Å²) >= 11 is 0. The summed E-state index contributed by atoms with van der Waals surface area (Å²) in [4.78, 5) is 23.6. The lowest BCUT2D eigenvalue weighted by atomic mass is 9.95. The molecule has 2 N–H and O–H groups in total. The van der Waals surface area contributed by atoms with Gasteiger partial charge in [0.05, 0.1) is 6.54 Å². The van der Waals surface area contributed by atoms with Crippen molar-refractivity contribution >= 4 is 11.8 Å². The second-order valence-electron chi connectivity index (χ2n) is 5.38. The topological polar surface area (TPSA) is 76.0 Å². The Balaban J connectivity index is 1.76. The van der Waals surface area contributed by atoms with Gasteiger partial charge in [-0.2, -0.15) is 5.10 Å². The molecular weight excluding hydrogens is 256 g/mol. The molecule has 6 nitrogen and oxygen atoms in total. The third-order valence-corrected chi connectivity index (χ3v) is 3.73. The monoisotopic (exact) mass is 278 g/mol. The fourth-order valence-corrected chi connectivity index (χ4v) is 2.45. The van der Waals surface area contributed by atoms with Crippen molar-refractivity contribution in [2.45, 2.75) is 45.1 Å². The molecule has 0 spiro atoms. The van der Waals surface area contributed by atoms with Gasteiger partial charge in [0.25, 0.3) is 5.91 Å². The lowest BCUT2D eigenvalue weighted by Gasteiger charge is -2.22. The number of hydrogen-bond acceptors (Lipinski definition) is 3. The van der Waals surface area contributed by atoms with Crippen LogP contribution in [0.25, 0.3) is 0 Å². The van der Waals surface area contributed by atoms with Crippen molar-refractivity contribution in [3.63, 3.8) is 0 Å². The van der Waals surface area contributed by atoms with Crippen molar-refractivity contribution in [3.05, 3.63) is 17.5 Å². The second kappa shape index (κ2) is 6.54. The predicted molar refractivity (Wildman–Crippen MR) is 75.3 cm³/mol. The van der Waals surface area contributed by atoms with Crippen LogP contribution >= 0.6 is 0 Å². The first-order valence-corrected chi connectivity index (χ1v) is 7.14. The quantitative estimate of drug-likeness (QED) is 0.859. The highest BCUT2D eigenvalue weighted by molar-refractivity contribution is 5.94. The number of nitrogens with one attached hydrogen (secondary N) is 2. The molecule has 1 aromatic rings. The Hall–Kier alpha value is -1.85. The van der Waals surface area contributed by atoms with E-state index in [4.69, 9.17) is 0 Å². The molecule has 1 aliphatic rings. The van der Waals surface area contributed by atoms with Gasteiger partial charge in [0.1, 0.15) is 5.69 Å². The van der Waals surface area contributed by atoms with Crippen LogP contribution in [0.2, 0.25) is 0 Å². The summed E-state index contributed by atoms with van der Waals surface area (Å²) in [6.45, 7) is 1.88. The van der Waals surface area contributed by atoms with E-state index in [0.717, 1.165) is 18.5 Å². The van der Waals surface area contributed by atoms with Gasteiger partial charge in [0.2, 0.25) is 5.91 Å². The van der Waals surface area contributed by atoms with Crippen LogP contribution in [0.4, 0.5) is 0 Å². The summed E-state index contributed by atoms with van der Waals surface area (Å²) in [5.41, 5.74) is 1.25. The average Bonchev–Trinajstić information content (AvgIpc) is 2.77. The van der Waals surface area contributed by atoms with Gasteiger partial charge in [0, 0.05) is 18.8 Å². The molecule has 0 atom stereocenters. The third kappa shape index (κ3) is 3.82. The first-order valence-electron chi connectivity index (χ1n) is 7.14. The maximum absolute atomic E-state index is 11.8. The number of hydrogen-bond donors (Lipinski definition) is 2. The lowest BCUT2D eigenvalue weighted by molar-refractivity contribution is -0.121. The Morgan fingerprint density at radius 1 is 1.35 bits per heavy atom. The predicted octanol–water partition coefficient (Wildman–Crippen LogP) is 0.907. The molecule has 2 rings (SSSR count). The Bertz CT molecular complexity index is 470. The van der Waals surface area contributed by atoms with Gasteiger partial charge in [-0.3, -0.25) is 14.3 Å². The van der Waals surface area contributed by atoms with Gasteiger partial charge in [-0.15, -0.1) is 0 Å². The van der Waals surface area contributed by atoms with Gasteiger partial charge in [-0.25, -0.2) is 0 Å². The van der Waals surface area contributed by atoms with E-state index in [1.165, 1.54) is 19.3 Å². The highest BCUT2D eigenvalue weighted by atomic mass is 16.2. The van der Waals surface area contributed by atoms with Crippen LogP contribution in [0.5, 0.6) is 0 Å². The largest absolute Gasteiger partial charge is 0.352 e. The number of aromatic nitrogens is 2. The van der Waals surface area contributed by atoms with Crippen molar-refractivity contribution in [2.75, 3.05) is 6.54 Å². The van der Waals surface area contributed by atoms with Crippen LogP contribution in [-0.4, -0.2) is 34.2 Å². The summed E-state index contributed by atoms with van der Waals surface area (Å²) in [6, 6.07) is 1.97. The second-order valence-corrected chi connectivity index (χ2v) is 5.38. The smallest absolute Gasteiger partial charge is 0.272 e. The number of aryl methyl sites for hydroxylation is 2. The van der Waals surface area contributed by atoms with Crippen LogP contribution in [0.3, 0.4) is 0 Å². The van der Waals surface area contributed by atoms with Crippen molar-refractivity contribution in [1.82, 2.24) is 20.4 Å². The van der Waals surface area contributed by atoms with Crippen LogP contribution in [0, 0.1) is 6.92 Å². The summed E-state index contributed by atoms with van der Waals surface area (Å²) in [5, 5.41) is 9.64. The number of amides is 2. The maximum Gasteiger partial charge on any atom is 0.272 e. The standard InChI is InChI=1S/C14H22N4O2/c1-10-8-12(17-18(10)2)14(20)15-9-13(19)16-11-6-4-3-5-7-11/h8,11H,3-7,9H2,1-2H3,(H,15,20)(H,16,19). The van der Waals surface area contributed by atoms with Crippen molar-refractivity contribution < 1.29 is 9.59 Å². The number of rotatable bonds is 4. The Kier molecular flexibility index (Phi) is 4.76. The van der Waals surface area contributed by atoms with Gasteiger partial charge in [0.15, 0.2) is 0 Å². The molecular formula is C14H22N4O2. The van der Waals surface area contributed by atoms with E-state index in [1.54, 1.807) is 17.8 Å². The van der Waals surface area contributed by atoms with E-state index in [9.17, 15) is 9.59 Å². The average molecular weight is 278 g/mol. The summed E-state index contributed by atoms with van der Waals surface area (Å²) in [6.07, 6.45) is 5.68. The van der Waals surface area contributed by atoms with E-state index >= 15 is 0 Å². The molecule has 1 aromatic heterocycles. The molecule has 20 heavy (non-hydrogen) atoms. The van der Waals surface area contributed by atoms with E-state index in [-0.39, 0.29) is 24.4 Å². The van der Waals surface area contributed by atoms with Crippen molar-refractivity contribution in [2.24, 2.45) is 7.05 Å². The summed E-state index contributed by atoms with van der Waals surface area (Å²) in [7, 11) is 1.78. The molecule has 0 radical (unpaired) electrons. The minimum atomic E-state index is -0.313. The van der Waals surface area contributed by atoms with Crippen LogP contribution in [0.15, 0.2) is 6.07 Å². The van der Waals surface area contributed by atoms with Crippen molar-refractivity contribution in [3.8, 4) is 0 Å². The molecule has 1 saturated carbocycles. The number of nitrogens with zero attached hydrogens (tertiary/aromatic N) is 2. The molecule has 0 aromatic carbocycles. The molecule has 1 heterocycles. The summed E-state index contributed by atoms with van der Waals surface area (Å²) in [5.74, 6) is -0.439. The fourth-order valence-electron chi connectivity index (χ4n) is 2.45. The van der Waals surface area contributed by atoms with Crippen LogP contribution in [-0.2, 0) is 11.8 Å². The molecule has 0 aliphatic heterocycles. The van der Waals surface area contributed by atoms with Crippen LogP contribution in [0.1, 0.15) is 48.3 Å². The van der Waals surface area contributed by atoms with Gasteiger partial charge >= 0.3 is 0 Å². The molecule has 2 amide bonds. The van der Waals surface area contributed by atoms with Gasteiger partial charge in [-0.05, 0) is 25.8 Å². The Labute approximate surface area is 118 Å². The van der Waals surface area contributed by atoms with E-state index in [1.807, 2.05) is 6.92 Å². The zero-order valence-corrected chi connectivity index (χ0v) is 12.1. The zero-order valence-electron chi connectivity index (χ0n) is 12.1. The molecule has 110 valence electrons. The van der Waals surface area contributed by atoms with Crippen LogP contribution < -0.4 is 10.6 Å². The molecule has 6 heteroatoms. The zero-order chi connectivity index (χ0) is 14.5. The molecule has 1 fully saturated rings. The van der Waals surface area contributed by atoms with E-state index in [2.05, 4.69) is 15.7 Å². The Morgan fingerprint density at radius 3 is 2.65 bits per heavy atom. The molecule has 0 saturated heterocycles. The minimum Gasteiger partial charge on any atom is -0.352 e. The van der Waals surface area contributed by atoms with Gasteiger partial charge < -0.3 is 10.6 Å². The van der Waals surface area contributed by atoms with E-state index in [0.29, 0.717) is 5.69 Å². The highest BCUT2D eigenvalue weighted by Gasteiger charge is 2.17. The number of carbonyl (C=O) groups is 2. The minimum absolute atomic E-state index is 0.00492.